The van der Waals surface area contributed by atoms with Crippen molar-refractivity contribution in [2.24, 2.45) is 0 Å². The molecule has 24 heavy (non-hydrogen) atoms. The number of rotatable bonds is 7. The van der Waals surface area contributed by atoms with Crippen LogP contribution in [0.15, 0.2) is 47.4 Å². The fourth-order valence-corrected chi connectivity index (χ4v) is 3.39. The number of ether oxygens (including phenoxy) is 1. The predicted octanol–water partition coefficient (Wildman–Crippen LogP) is 3.61. The second kappa shape index (κ2) is 7.77. The molecular weight excluding hydrogens is 329 g/mol. The van der Waals surface area contributed by atoms with Crippen molar-refractivity contribution in [1.29, 1.82) is 0 Å². The van der Waals surface area contributed by atoms with Crippen LogP contribution in [0.25, 0.3) is 0 Å². The lowest BCUT2D eigenvalue weighted by Gasteiger charge is -2.14. The Morgan fingerprint density at radius 1 is 1.17 bits per heavy atom. The highest BCUT2D eigenvalue weighted by molar-refractivity contribution is 7.89. The average molecular weight is 351 g/mol. The fourth-order valence-electron chi connectivity index (χ4n) is 2.29. The van der Waals surface area contributed by atoms with Crippen molar-refractivity contribution >= 4 is 10.0 Å². The van der Waals surface area contributed by atoms with Crippen molar-refractivity contribution in [3.8, 4) is 5.75 Å². The first-order chi connectivity index (χ1) is 11.3. The molecule has 0 amide bonds. The minimum atomic E-state index is -3.68. The third-order valence-electron chi connectivity index (χ3n) is 3.63. The van der Waals surface area contributed by atoms with Crippen LogP contribution in [0.2, 0.25) is 0 Å². The van der Waals surface area contributed by atoms with Gasteiger partial charge in [0.1, 0.15) is 18.2 Å². The van der Waals surface area contributed by atoms with Gasteiger partial charge in [-0.1, -0.05) is 32.0 Å². The molecule has 0 aromatic heterocycles. The van der Waals surface area contributed by atoms with E-state index in [0.717, 1.165) is 17.4 Å². The summed E-state index contributed by atoms with van der Waals surface area (Å²) in [6.45, 7) is 6.01. The SMILES string of the molecule is Cc1cc(S(=O)(=O)NCCOc2ccccc2C(C)C)ccc1F. The smallest absolute Gasteiger partial charge is 0.240 e. The zero-order valence-corrected chi connectivity index (χ0v) is 14.9. The lowest BCUT2D eigenvalue weighted by Crippen LogP contribution is -2.28. The van der Waals surface area contributed by atoms with E-state index < -0.39 is 15.8 Å². The normalized spacial score (nSPS) is 11.7. The van der Waals surface area contributed by atoms with Crippen LogP contribution in [0.3, 0.4) is 0 Å². The molecule has 130 valence electrons. The molecule has 0 aliphatic rings. The number of sulfonamides is 1. The number of para-hydroxylation sites is 1. The fraction of sp³-hybridized carbons (Fsp3) is 0.333. The van der Waals surface area contributed by atoms with Gasteiger partial charge in [0.2, 0.25) is 10.0 Å². The zero-order chi connectivity index (χ0) is 17.7. The molecule has 0 saturated heterocycles. The van der Waals surface area contributed by atoms with E-state index in [1.807, 2.05) is 24.3 Å². The van der Waals surface area contributed by atoms with Crippen molar-refractivity contribution in [1.82, 2.24) is 4.72 Å². The number of aryl methyl sites for hydroxylation is 1. The van der Waals surface area contributed by atoms with Gasteiger partial charge in [-0.15, -0.1) is 0 Å². The van der Waals surface area contributed by atoms with Gasteiger partial charge in [0.25, 0.3) is 0 Å². The summed E-state index contributed by atoms with van der Waals surface area (Å²) in [4.78, 5) is 0.0454. The summed E-state index contributed by atoms with van der Waals surface area (Å²) in [6.07, 6.45) is 0. The van der Waals surface area contributed by atoms with Gasteiger partial charge in [-0.25, -0.2) is 17.5 Å². The maximum atomic E-state index is 13.2. The van der Waals surface area contributed by atoms with Crippen LogP contribution in [0.4, 0.5) is 4.39 Å². The minimum Gasteiger partial charge on any atom is -0.492 e. The highest BCUT2D eigenvalue weighted by Crippen LogP contribution is 2.25. The van der Waals surface area contributed by atoms with Gasteiger partial charge in [-0.05, 0) is 48.2 Å². The number of nitrogens with one attached hydrogen (secondary N) is 1. The summed E-state index contributed by atoms with van der Waals surface area (Å²) in [5.41, 5.74) is 1.37. The Kier molecular flexibility index (Phi) is 5.96. The van der Waals surface area contributed by atoms with E-state index in [4.69, 9.17) is 4.74 Å². The van der Waals surface area contributed by atoms with E-state index in [-0.39, 0.29) is 18.0 Å². The summed E-state index contributed by atoms with van der Waals surface area (Å²) in [6, 6.07) is 11.4. The molecule has 1 N–H and O–H groups in total. The molecule has 0 saturated carbocycles. The third kappa shape index (κ3) is 4.55. The van der Waals surface area contributed by atoms with E-state index in [1.165, 1.54) is 19.1 Å². The van der Waals surface area contributed by atoms with Gasteiger partial charge < -0.3 is 4.74 Å². The first-order valence-electron chi connectivity index (χ1n) is 7.79. The summed E-state index contributed by atoms with van der Waals surface area (Å²) in [5, 5.41) is 0. The molecule has 0 radical (unpaired) electrons. The largest absolute Gasteiger partial charge is 0.492 e. The van der Waals surface area contributed by atoms with Gasteiger partial charge in [-0.2, -0.15) is 0 Å². The Balaban J connectivity index is 1.95. The molecule has 0 fully saturated rings. The van der Waals surface area contributed by atoms with Crippen LogP contribution in [0, 0.1) is 12.7 Å². The van der Waals surface area contributed by atoms with E-state index in [0.29, 0.717) is 11.5 Å². The molecule has 2 aromatic carbocycles. The van der Waals surface area contributed by atoms with Crippen LogP contribution in [-0.2, 0) is 10.0 Å². The Hall–Kier alpha value is -1.92. The maximum Gasteiger partial charge on any atom is 0.240 e. The highest BCUT2D eigenvalue weighted by Gasteiger charge is 2.15. The number of hydrogen-bond donors (Lipinski definition) is 1. The molecule has 2 rings (SSSR count). The van der Waals surface area contributed by atoms with Crippen LogP contribution in [0.5, 0.6) is 5.75 Å². The lowest BCUT2D eigenvalue weighted by atomic mass is 10.0. The second-order valence-electron chi connectivity index (χ2n) is 5.85. The lowest BCUT2D eigenvalue weighted by molar-refractivity contribution is 0.318. The summed E-state index contributed by atoms with van der Waals surface area (Å²) < 4.78 is 45.8. The quantitative estimate of drug-likeness (QED) is 0.775. The molecule has 0 aliphatic carbocycles. The molecule has 4 nitrogen and oxygen atoms in total. The van der Waals surface area contributed by atoms with Gasteiger partial charge in [0.15, 0.2) is 0 Å². The molecule has 0 spiro atoms. The van der Waals surface area contributed by atoms with E-state index in [9.17, 15) is 12.8 Å². The second-order valence-corrected chi connectivity index (χ2v) is 7.62. The standard InChI is InChI=1S/C18H22FNO3S/c1-13(2)16-6-4-5-7-18(16)23-11-10-20-24(21,22)15-8-9-17(19)14(3)12-15/h4-9,12-13,20H,10-11H2,1-3H3. The van der Waals surface area contributed by atoms with E-state index in [1.54, 1.807) is 0 Å². The molecule has 0 atom stereocenters. The van der Waals surface area contributed by atoms with Crippen molar-refractivity contribution < 1.29 is 17.5 Å². The number of benzene rings is 2. The molecule has 2 aromatic rings. The average Bonchev–Trinajstić information content (AvgIpc) is 2.54. The Bertz CT molecular complexity index is 804. The molecule has 0 aliphatic heterocycles. The van der Waals surface area contributed by atoms with Crippen molar-refractivity contribution in [2.75, 3.05) is 13.2 Å². The Morgan fingerprint density at radius 3 is 2.54 bits per heavy atom. The summed E-state index contributed by atoms with van der Waals surface area (Å²) in [5.74, 6) is 0.645. The summed E-state index contributed by atoms with van der Waals surface area (Å²) in [7, 11) is -3.68. The topological polar surface area (TPSA) is 55.4 Å². The Morgan fingerprint density at radius 2 is 1.88 bits per heavy atom. The number of hydrogen-bond acceptors (Lipinski definition) is 3. The van der Waals surface area contributed by atoms with Crippen molar-refractivity contribution in [3.05, 3.63) is 59.4 Å². The maximum absolute atomic E-state index is 13.2. The number of halogens is 1. The van der Waals surface area contributed by atoms with Crippen molar-refractivity contribution in [3.63, 3.8) is 0 Å². The molecule has 6 heteroatoms. The van der Waals surface area contributed by atoms with Gasteiger partial charge >= 0.3 is 0 Å². The first kappa shape index (κ1) is 18.4. The van der Waals surface area contributed by atoms with Crippen LogP contribution in [0.1, 0.15) is 30.9 Å². The first-order valence-corrected chi connectivity index (χ1v) is 9.27. The van der Waals surface area contributed by atoms with Gasteiger partial charge in [0.05, 0.1) is 4.90 Å². The molecular formula is C18H22FNO3S. The molecule has 0 bridgehead atoms. The molecule has 0 unspecified atom stereocenters. The van der Waals surface area contributed by atoms with E-state index >= 15 is 0 Å². The van der Waals surface area contributed by atoms with Crippen LogP contribution < -0.4 is 9.46 Å². The molecule has 0 heterocycles. The van der Waals surface area contributed by atoms with Gasteiger partial charge in [-0.3, -0.25) is 0 Å². The monoisotopic (exact) mass is 351 g/mol. The predicted molar refractivity (Wildman–Crippen MR) is 92.4 cm³/mol. The zero-order valence-electron chi connectivity index (χ0n) is 14.0. The van der Waals surface area contributed by atoms with Crippen LogP contribution in [-0.4, -0.2) is 21.6 Å². The Labute approximate surface area is 142 Å². The van der Waals surface area contributed by atoms with Gasteiger partial charge in [0, 0.05) is 6.54 Å². The van der Waals surface area contributed by atoms with Crippen molar-refractivity contribution in [2.45, 2.75) is 31.6 Å². The third-order valence-corrected chi connectivity index (χ3v) is 5.09. The van der Waals surface area contributed by atoms with E-state index in [2.05, 4.69) is 18.6 Å². The van der Waals surface area contributed by atoms with Crippen LogP contribution >= 0.6 is 0 Å². The summed E-state index contributed by atoms with van der Waals surface area (Å²) >= 11 is 0. The minimum absolute atomic E-state index is 0.0454. The highest BCUT2D eigenvalue weighted by atomic mass is 32.2.